The van der Waals surface area contributed by atoms with Crippen molar-refractivity contribution in [2.75, 3.05) is 24.0 Å². The van der Waals surface area contributed by atoms with Gasteiger partial charge in [0.1, 0.15) is 4.99 Å². The third-order valence-electron chi connectivity index (χ3n) is 2.43. The fourth-order valence-corrected chi connectivity index (χ4v) is 2.02. The van der Waals surface area contributed by atoms with Crippen LogP contribution in [0.3, 0.4) is 0 Å². The van der Waals surface area contributed by atoms with Crippen molar-refractivity contribution < 1.29 is 4.79 Å². The van der Waals surface area contributed by atoms with E-state index in [0.29, 0.717) is 11.4 Å². The highest BCUT2D eigenvalue weighted by atomic mass is 32.2. The van der Waals surface area contributed by atoms with Gasteiger partial charge in [0.15, 0.2) is 0 Å². The highest BCUT2D eigenvalue weighted by Gasteiger charge is 2.14. The number of carbonyl (C=O) groups excluding carboxylic acids is 1. The van der Waals surface area contributed by atoms with Gasteiger partial charge in [0.2, 0.25) is 5.91 Å². The zero-order valence-corrected chi connectivity index (χ0v) is 11.6. The van der Waals surface area contributed by atoms with Gasteiger partial charge in [-0.15, -0.1) is 0 Å². The van der Waals surface area contributed by atoms with E-state index in [0.717, 1.165) is 17.0 Å². The number of anilines is 1. The Morgan fingerprint density at radius 1 is 1.47 bits per heavy atom. The fraction of sp³-hybridized carbons (Fsp3) is 0.333. The molecule has 92 valence electrons. The molecule has 0 bridgehead atoms. The summed E-state index contributed by atoms with van der Waals surface area (Å²) in [4.78, 5) is 13.8. The van der Waals surface area contributed by atoms with Crippen molar-refractivity contribution >= 4 is 40.6 Å². The normalized spacial score (nSPS) is 10.0. The zero-order chi connectivity index (χ0) is 12.8. The second-order valence-corrected chi connectivity index (χ2v) is 5.00. The van der Waals surface area contributed by atoms with Gasteiger partial charge in [-0.1, -0.05) is 24.4 Å². The number of amides is 1. The summed E-state index contributed by atoms with van der Waals surface area (Å²) in [5, 5.41) is 0. The van der Waals surface area contributed by atoms with Crippen LogP contribution in [0.5, 0.6) is 0 Å². The lowest BCUT2D eigenvalue weighted by Gasteiger charge is -2.20. The van der Waals surface area contributed by atoms with Gasteiger partial charge >= 0.3 is 0 Å². The molecule has 1 aromatic rings. The van der Waals surface area contributed by atoms with Crippen LogP contribution in [-0.2, 0) is 4.79 Å². The molecule has 0 spiro atoms. The van der Waals surface area contributed by atoms with Crippen molar-refractivity contribution in [3.8, 4) is 0 Å². The Hall–Kier alpha value is -1.07. The molecule has 2 N–H and O–H groups in total. The molecule has 0 saturated heterocycles. The number of thioether (sulfide) groups is 1. The molecule has 0 radical (unpaired) electrons. The van der Waals surface area contributed by atoms with Gasteiger partial charge in [0.05, 0.1) is 5.69 Å². The number of para-hydroxylation sites is 1. The maximum absolute atomic E-state index is 11.9. The van der Waals surface area contributed by atoms with E-state index in [2.05, 4.69) is 0 Å². The second-order valence-electron chi connectivity index (χ2n) is 3.58. The molecule has 0 aliphatic heterocycles. The van der Waals surface area contributed by atoms with E-state index >= 15 is 0 Å². The van der Waals surface area contributed by atoms with Gasteiger partial charge in [-0.25, -0.2) is 0 Å². The largest absolute Gasteiger partial charge is 0.389 e. The second kappa shape index (κ2) is 6.61. The maximum atomic E-state index is 11.9. The van der Waals surface area contributed by atoms with Crippen molar-refractivity contribution in [2.24, 2.45) is 5.73 Å². The fourth-order valence-electron chi connectivity index (χ4n) is 1.47. The first-order valence-corrected chi connectivity index (χ1v) is 7.02. The lowest BCUT2D eigenvalue weighted by atomic mass is 10.1. The maximum Gasteiger partial charge on any atom is 0.227 e. The number of benzene rings is 1. The molecule has 0 aromatic heterocycles. The van der Waals surface area contributed by atoms with Gasteiger partial charge in [0.25, 0.3) is 0 Å². The number of hydrogen-bond acceptors (Lipinski definition) is 3. The number of carbonyl (C=O) groups is 1. The minimum Gasteiger partial charge on any atom is -0.389 e. The molecule has 0 aliphatic carbocycles. The SMILES string of the molecule is CSCCC(=O)N(C)c1ccccc1C(N)=S. The molecule has 1 amide bonds. The standard InChI is InChI=1S/C12H16N2OS2/c1-14(11(15)7-8-17-2)10-6-4-3-5-9(10)12(13)16/h3-6H,7-8H2,1-2H3,(H2,13,16). The highest BCUT2D eigenvalue weighted by Crippen LogP contribution is 2.20. The Labute approximate surface area is 111 Å². The van der Waals surface area contributed by atoms with Crippen LogP contribution in [0.15, 0.2) is 24.3 Å². The van der Waals surface area contributed by atoms with Crippen molar-refractivity contribution in [3.05, 3.63) is 29.8 Å². The zero-order valence-electron chi connectivity index (χ0n) is 9.97. The number of nitrogens with two attached hydrogens (primary N) is 1. The van der Waals surface area contributed by atoms with E-state index in [1.807, 2.05) is 30.5 Å². The van der Waals surface area contributed by atoms with Gasteiger partial charge in [-0.05, 0) is 18.4 Å². The number of rotatable bonds is 5. The third-order valence-corrected chi connectivity index (χ3v) is 3.26. The van der Waals surface area contributed by atoms with Crippen LogP contribution in [0.4, 0.5) is 5.69 Å². The molecule has 17 heavy (non-hydrogen) atoms. The van der Waals surface area contributed by atoms with Crippen LogP contribution in [-0.4, -0.2) is 30.0 Å². The molecule has 0 aliphatic rings. The lowest BCUT2D eigenvalue weighted by molar-refractivity contribution is -0.117. The summed E-state index contributed by atoms with van der Waals surface area (Å²) >= 11 is 6.63. The monoisotopic (exact) mass is 268 g/mol. The summed E-state index contributed by atoms with van der Waals surface area (Å²) < 4.78 is 0. The molecule has 3 nitrogen and oxygen atoms in total. The van der Waals surface area contributed by atoms with E-state index in [1.54, 1.807) is 23.7 Å². The van der Waals surface area contributed by atoms with E-state index in [1.165, 1.54) is 0 Å². The van der Waals surface area contributed by atoms with E-state index in [-0.39, 0.29) is 5.91 Å². The van der Waals surface area contributed by atoms with Crippen LogP contribution < -0.4 is 10.6 Å². The summed E-state index contributed by atoms with van der Waals surface area (Å²) in [5.74, 6) is 0.890. The number of nitrogens with zero attached hydrogens (tertiary/aromatic N) is 1. The van der Waals surface area contributed by atoms with Gasteiger partial charge in [-0.3, -0.25) is 4.79 Å². The Balaban J connectivity index is 2.91. The Kier molecular flexibility index (Phi) is 5.44. The van der Waals surface area contributed by atoms with Gasteiger partial charge in [-0.2, -0.15) is 11.8 Å². The van der Waals surface area contributed by atoms with Crippen LogP contribution >= 0.6 is 24.0 Å². The number of hydrogen-bond donors (Lipinski definition) is 1. The topological polar surface area (TPSA) is 46.3 Å². The molecule has 5 heteroatoms. The Morgan fingerprint density at radius 3 is 2.71 bits per heavy atom. The van der Waals surface area contributed by atoms with Crippen LogP contribution in [0.1, 0.15) is 12.0 Å². The Morgan fingerprint density at radius 2 is 2.12 bits per heavy atom. The molecule has 0 fully saturated rings. The summed E-state index contributed by atoms with van der Waals surface area (Å²) in [5.41, 5.74) is 7.15. The van der Waals surface area contributed by atoms with Crippen molar-refractivity contribution in [1.29, 1.82) is 0 Å². The average molecular weight is 268 g/mol. The summed E-state index contributed by atoms with van der Waals surface area (Å²) in [6.45, 7) is 0. The molecule has 0 heterocycles. The predicted molar refractivity (Wildman–Crippen MR) is 78.7 cm³/mol. The Bertz CT molecular complexity index is 421. The summed E-state index contributed by atoms with van der Waals surface area (Å²) in [6, 6.07) is 7.41. The van der Waals surface area contributed by atoms with Crippen molar-refractivity contribution in [2.45, 2.75) is 6.42 Å². The first-order valence-electron chi connectivity index (χ1n) is 5.22. The first-order chi connectivity index (χ1) is 8.07. The molecular formula is C12H16N2OS2. The highest BCUT2D eigenvalue weighted by molar-refractivity contribution is 7.98. The van der Waals surface area contributed by atoms with Gasteiger partial charge < -0.3 is 10.6 Å². The molecule has 0 atom stereocenters. The molecule has 0 saturated carbocycles. The lowest BCUT2D eigenvalue weighted by Crippen LogP contribution is -2.28. The third kappa shape index (κ3) is 3.71. The minimum absolute atomic E-state index is 0.0723. The smallest absolute Gasteiger partial charge is 0.227 e. The summed E-state index contributed by atoms with van der Waals surface area (Å²) in [6.07, 6.45) is 2.50. The van der Waals surface area contributed by atoms with Crippen LogP contribution in [0.25, 0.3) is 0 Å². The molecule has 1 aromatic carbocycles. The van der Waals surface area contributed by atoms with Crippen LogP contribution in [0, 0.1) is 0 Å². The molecule has 1 rings (SSSR count). The molecular weight excluding hydrogens is 252 g/mol. The predicted octanol–water partition coefficient (Wildman–Crippen LogP) is 2.04. The van der Waals surface area contributed by atoms with E-state index in [9.17, 15) is 4.79 Å². The summed E-state index contributed by atoms with van der Waals surface area (Å²) in [7, 11) is 1.75. The first kappa shape index (κ1) is 14.0. The van der Waals surface area contributed by atoms with Gasteiger partial charge in [0, 0.05) is 24.8 Å². The average Bonchev–Trinajstić information content (AvgIpc) is 2.34. The van der Waals surface area contributed by atoms with Crippen molar-refractivity contribution in [3.63, 3.8) is 0 Å². The van der Waals surface area contributed by atoms with Crippen LogP contribution in [0.2, 0.25) is 0 Å². The van der Waals surface area contributed by atoms with E-state index in [4.69, 9.17) is 18.0 Å². The van der Waals surface area contributed by atoms with E-state index < -0.39 is 0 Å². The number of thiocarbonyl (C=S) groups is 1. The minimum atomic E-state index is 0.0723. The molecule has 0 unspecified atom stereocenters. The quantitative estimate of drug-likeness (QED) is 0.830. The van der Waals surface area contributed by atoms with Crippen molar-refractivity contribution in [1.82, 2.24) is 0 Å².